The van der Waals surface area contributed by atoms with E-state index in [0.29, 0.717) is 28.5 Å². The predicted octanol–water partition coefficient (Wildman–Crippen LogP) is 5.06. The van der Waals surface area contributed by atoms with Crippen LogP contribution in [0.25, 0.3) is 0 Å². The van der Waals surface area contributed by atoms with Gasteiger partial charge in [-0.25, -0.2) is 0 Å². The van der Waals surface area contributed by atoms with E-state index < -0.39 is 0 Å². The fourth-order valence-corrected chi connectivity index (χ4v) is 4.97. The Bertz CT molecular complexity index is 1210. The van der Waals surface area contributed by atoms with E-state index in [2.05, 4.69) is 25.2 Å². The van der Waals surface area contributed by atoms with E-state index in [4.69, 9.17) is 9.47 Å². The van der Waals surface area contributed by atoms with Gasteiger partial charge in [-0.1, -0.05) is 18.2 Å². The van der Waals surface area contributed by atoms with Crippen molar-refractivity contribution < 1.29 is 19.1 Å². The van der Waals surface area contributed by atoms with Crippen LogP contribution in [0.15, 0.2) is 60.7 Å². The van der Waals surface area contributed by atoms with Crippen LogP contribution in [0.3, 0.4) is 0 Å². The molecule has 0 saturated carbocycles. The van der Waals surface area contributed by atoms with Gasteiger partial charge in [-0.05, 0) is 73.0 Å². The highest BCUT2D eigenvalue weighted by atomic mass is 32.2. The van der Waals surface area contributed by atoms with Gasteiger partial charge >= 0.3 is 0 Å². The first-order chi connectivity index (χ1) is 15.5. The van der Waals surface area contributed by atoms with E-state index in [1.807, 2.05) is 41.3 Å². The summed E-state index contributed by atoms with van der Waals surface area (Å²) in [7, 11) is 0. The molecule has 0 radical (unpaired) electrons. The van der Waals surface area contributed by atoms with Crippen molar-refractivity contribution >= 4 is 35.0 Å². The lowest BCUT2D eigenvalue weighted by Gasteiger charge is -2.25. The number of benzene rings is 3. The zero-order valence-corrected chi connectivity index (χ0v) is 18.6. The van der Waals surface area contributed by atoms with Crippen LogP contribution in [-0.2, 0) is 4.79 Å². The molecule has 0 bridgehead atoms. The number of anilines is 2. The molecule has 1 saturated heterocycles. The van der Waals surface area contributed by atoms with E-state index >= 15 is 0 Å². The molecule has 0 spiro atoms. The molecule has 2 heterocycles. The number of rotatable bonds is 4. The predicted molar refractivity (Wildman–Crippen MR) is 126 cm³/mol. The van der Waals surface area contributed by atoms with Gasteiger partial charge in [0.1, 0.15) is 5.37 Å². The number of hydrogen-bond donors (Lipinski definition) is 1. The van der Waals surface area contributed by atoms with Crippen molar-refractivity contribution in [2.75, 3.05) is 22.8 Å². The average Bonchev–Trinajstić information content (AvgIpc) is 3.42. The first-order valence-corrected chi connectivity index (χ1v) is 11.4. The SMILES string of the molecule is Cc1ccc(N2C(=O)CSC2c2ccc(NC(=O)c3ccc4c(c3)OCO4)cc2)cc1C. The van der Waals surface area contributed by atoms with Gasteiger partial charge in [-0.3, -0.25) is 14.5 Å². The van der Waals surface area contributed by atoms with Crippen molar-refractivity contribution in [3.63, 3.8) is 0 Å². The Morgan fingerprint density at radius 2 is 1.75 bits per heavy atom. The van der Waals surface area contributed by atoms with E-state index in [-0.39, 0.29) is 24.0 Å². The number of nitrogens with zero attached hydrogens (tertiary/aromatic N) is 1. The van der Waals surface area contributed by atoms with Crippen molar-refractivity contribution in [2.24, 2.45) is 0 Å². The molecular weight excluding hydrogens is 424 g/mol. The Morgan fingerprint density at radius 1 is 0.969 bits per heavy atom. The van der Waals surface area contributed by atoms with Crippen LogP contribution < -0.4 is 19.7 Å². The van der Waals surface area contributed by atoms with Gasteiger partial charge < -0.3 is 14.8 Å². The summed E-state index contributed by atoms with van der Waals surface area (Å²) in [4.78, 5) is 27.1. The van der Waals surface area contributed by atoms with Gasteiger partial charge in [0.15, 0.2) is 11.5 Å². The van der Waals surface area contributed by atoms with Gasteiger partial charge in [-0.2, -0.15) is 0 Å². The molecular formula is C25H22N2O4S. The zero-order valence-electron chi connectivity index (χ0n) is 17.8. The maximum Gasteiger partial charge on any atom is 0.255 e. The third-order valence-corrected chi connectivity index (χ3v) is 6.94. The first-order valence-electron chi connectivity index (χ1n) is 10.3. The van der Waals surface area contributed by atoms with E-state index in [0.717, 1.165) is 16.8 Å². The molecule has 0 aromatic heterocycles. The number of nitrogens with one attached hydrogen (secondary N) is 1. The number of carbonyl (C=O) groups is 2. The van der Waals surface area contributed by atoms with Crippen LogP contribution in [-0.4, -0.2) is 24.4 Å². The summed E-state index contributed by atoms with van der Waals surface area (Å²) in [5, 5.41) is 2.82. The van der Waals surface area contributed by atoms with Crippen LogP contribution in [0.2, 0.25) is 0 Å². The summed E-state index contributed by atoms with van der Waals surface area (Å²) < 4.78 is 10.6. The number of fused-ring (bicyclic) bond motifs is 1. The summed E-state index contributed by atoms with van der Waals surface area (Å²) in [6.07, 6.45) is 0. The molecule has 3 aromatic carbocycles. The Balaban J connectivity index is 1.33. The molecule has 0 aliphatic carbocycles. The van der Waals surface area contributed by atoms with Crippen LogP contribution in [0.1, 0.15) is 32.4 Å². The molecule has 2 aliphatic rings. The molecule has 3 aromatic rings. The van der Waals surface area contributed by atoms with Gasteiger partial charge in [0.2, 0.25) is 12.7 Å². The van der Waals surface area contributed by atoms with Gasteiger partial charge in [0.25, 0.3) is 5.91 Å². The first kappa shape index (κ1) is 20.5. The molecule has 2 amide bonds. The highest BCUT2D eigenvalue weighted by Gasteiger charge is 2.34. The van der Waals surface area contributed by atoms with Crippen molar-refractivity contribution in [2.45, 2.75) is 19.2 Å². The van der Waals surface area contributed by atoms with E-state index in [1.54, 1.807) is 30.0 Å². The van der Waals surface area contributed by atoms with Gasteiger partial charge in [0.05, 0.1) is 5.75 Å². The van der Waals surface area contributed by atoms with E-state index in [9.17, 15) is 9.59 Å². The van der Waals surface area contributed by atoms with Crippen LogP contribution in [0, 0.1) is 13.8 Å². The number of hydrogen-bond acceptors (Lipinski definition) is 5. The van der Waals surface area contributed by atoms with Crippen LogP contribution in [0.5, 0.6) is 11.5 Å². The number of carbonyl (C=O) groups excluding carboxylic acids is 2. The monoisotopic (exact) mass is 446 g/mol. The van der Waals surface area contributed by atoms with Gasteiger partial charge in [-0.15, -0.1) is 11.8 Å². The molecule has 2 aliphatic heterocycles. The van der Waals surface area contributed by atoms with Gasteiger partial charge in [0, 0.05) is 16.9 Å². The second-order valence-corrected chi connectivity index (χ2v) is 8.91. The van der Waals surface area contributed by atoms with Crippen molar-refractivity contribution in [1.82, 2.24) is 0 Å². The largest absolute Gasteiger partial charge is 0.454 e. The minimum Gasteiger partial charge on any atom is -0.454 e. The minimum absolute atomic E-state index is 0.0942. The summed E-state index contributed by atoms with van der Waals surface area (Å²) in [5.41, 5.74) is 5.47. The summed E-state index contributed by atoms with van der Waals surface area (Å²) in [6.45, 7) is 4.29. The number of ether oxygens (including phenoxy) is 2. The lowest BCUT2D eigenvalue weighted by Crippen LogP contribution is -2.27. The molecule has 1 atom stereocenters. The highest BCUT2D eigenvalue weighted by molar-refractivity contribution is 8.00. The van der Waals surface area contributed by atoms with Crippen LogP contribution in [0.4, 0.5) is 11.4 Å². The van der Waals surface area contributed by atoms with Crippen molar-refractivity contribution in [3.8, 4) is 11.5 Å². The molecule has 5 rings (SSSR count). The van der Waals surface area contributed by atoms with E-state index in [1.165, 1.54) is 5.56 Å². The maximum absolute atomic E-state index is 12.6. The highest BCUT2D eigenvalue weighted by Crippen LogP contribution is 2.42. The third kappa shape index (κ3) is 3.80. The number of amides is 2. The second-order valence-electron chi connectivity index (χ2n) is 7.84. The Kier molecular flexibility index (Phi) is 5.27. The molecule has 6 nitrogen and oxygen atoms in total. The normalized spacial score (nSPS) is 17.0. The Labute approximate surface area is 190 Å². The Hall–Kier alpha value is -3.45. The maximum atomic E-state index is 12.6. The standard InChI is InChI=1S/C25H22N2O4S/c1-15-3-9-20(11-16(15)2)27-23(28)13-32-25(27)17-4-7-19(8-5-17)26-24(29)18-6-10-21-22(12-18)31-14-30-21/h3-12,25H,13-14H2,1-2H3,(H,26,29). The van der Waals surface area contributed by atoms with Crippen LogP contribution >= 0.6 is 11.8 Å². The lowest BCUT2D eigenvalue weighted by atomic mass is 10.1. The molecule has 162 valence electrons. The fraction of sp³-hybridized carbons (Fsp3) is 0.200. The smallest absolute Gasteiger partial charge is 0.255 e. The second kappa shape index (κ2) is 8.24. The Morgan fingerprint density at radius 3 is 2.53 bits per heavy atom. The lowest BCUT2D eigenvalue weighted by molar-refractivity contribution is -0.115. The molecule has 1 fully saturated rings. The quantitative estimate of drug-likeness (QED) is 0.607. The average molecular weight is 447 g/mol. The third-order valence-electron chi connectivity index (χ3n) is 5.73. The molecule has 1 N–H and O–H groups in total. The van der Waals surface area contributed by atoms with Crippen molar-refractivity contribution in [1.29, 1.82) is 0 Å². The topological polar surface area (TPSA) is 67.9 Å². The summed E-state index contributed by atoms with van der Waals surface area (Å²) in [6, 6.07) is 18.9. The summed E-state index contributed by atoms with van der Waals surface area (Å²) >= 11 is 1.61. The number of aryl methyl sites for hydroxylation is 2. The number of thioether (sulfide) groups is 1. The zero-order chi connectivity index (χ0) is 22.2. The van der Waals surface area contributed by atoms with Crippen molar-refractivity contribution in [3.05, 3.63) is 82.9 Å². The molecule has 7 heteroatoms. The molecule has 32 heavy (non-hydrogen) atoms. The fourth-order valence-electron chi connectivity index (χ4n) is 3.80. The molecule has 1 unspecified atom stereocenters. The summed E-state index contributed by atoms with van der Waals surface area (Å²) in [5.74, 6) is 1.53. The minimum atomic E-state index is -0.224.